The first-order chi connectivity index (χ1) is 7.85. The maximum atomic E-state index is 11.7. The van der Waals surface area contributed by atoms with E-state index in [0.717, 1.165) is 4.47 Å². The molecule has 1 aromatic carbocycles. The molecule has 1 rings (SSSR count). The molecular formula is C10H13BrN2O2S2. The summed E-state index contributed by atoms with van der Waals surface area (Å²) in [6, 6.07) is 5.05. The molecular weight excluding hydrogens is 324 g/mol. The number of sulfonamides is 1. The van der Waals surface area contributed by atoms with Crippen LogP contribution >= 0.6 is 28.1 Å². The predicted molar refractivity (Wildman–Crippen MR) is 77.7 cm³/mol. The largest absolute Gasteiger partial charge is 0.389 e. The van der Waals surface area contributed by atoms with E-state index in [1.54, 1.807) is 25.1 Å². The Balaban J connectivity index is 3.11. The van der Waals surface area contributed by atoms with Crippen molar-refractivity contribution in [1.29, 1.82) is 0 Å². The Bertz CT molecular complexity index is 529. The number of halogens is 1. The van der Waals surface area contributed by atoms with Gasteiger partial charge < -0.3 is 5.73 Å². The lowest BCUT2D eigenvalue weighted by Crippen LogP contribution is -2.20. The lowest BCUT2D eigenvalue weighted by atomic mass is 10.2. The summed E-state index contributed by atoms with van der Waals surface area (Å²) in [4.78, 5) is 0.153. The van der Waals surface area contributed by atoms with Gasteiger partial charge in [0.1, 0.15) is 4.99 Å². The monoisotopic (exact) mass is 336 g/mol. The van der Waals surface area contributed by atoms with Crippen molar-refractivity contribution < 1.29 is 8.42 Å². The van der Waals surface area contributed by atoms with Gasteiger partial charge in [-0.1, -0.05) is 35.1 Å². The van der Waals surface area contributed by atoms with Crippen molar-refractivity contribution in [1.82, 2.24) is 0 Å². The Hall–Kier alpha value is -0.660. The molecule has 94 valence electrons. The maximum Gasteiger partial charge on any atom is 0.232 e. The van der Waals surface area contributed by atoms with E-state index >= 15 is 0 Å². The van der Waals surface area contributed by atoms with E-state index in [1.807, 2.05) is 0 Å². The fourth-order valence-electron chi connectivity index (χ4n) is 1.30. The Morgan fingerprint density at radius 1 is 1.53 bits per heavy atom. The molecule has 0 aliphatic carbocycles. The highest BCUT2D eigenvalue weighted by Crippen LogP contribution is 2.22. The van der Waals surface area contributed by atoms with Crippen LogP contribution in [0.3, 0.4) is 0 Å². The molecule has 7 heteroatoms. The summed E-state index contributed by atoms with van der Waals surface area (Å²) in [5, 5.41) is 0. The minimum absolute atomic E-state index is 0.0693. The van der Waals surface area contributed by atoms with E-state index in [4.69, 9.17) is 18.0 Å². The van der Waals surface area contributed by atoms with Gasteiger partial charge in [-0.15, -0.1) is 0 Å². The molecule has 17 heavy (non-hydrogen) atoms. The summed E-state index contributed by atoms with van der Waals surface area (Å²) in [5.41, 5.74) is 6.47. The molecule has 0 fully saturated rings. The Kier molecular flexibility index (Phi) is 4.91. The highest BCUT2D eigenvalue weighted by atomic mass is 79.9. The van der Waals surface area contributed by atoms with Crippen molar-refractivity contribution >= 4 is 48.8 Å². The zero-order chi connectivity index (χ0) is 13.1. The average Bonchev–Trinajstić information content (AvgIpc) is 2.20. The van der Waals surface area contributed by atoms with Crippen LogP contribution < -0.4 is 10.5 Å². The number of benzene rings is 1. The third kappa shape index (κ3) is 4.25. The van der Waals surface area contributed by atoms with Gasteiger partial charge in [0.25, 0.3) is 0 Å². The van der Waals surface area contributed by atoms with Crippen LogP contribution in [0.25, 0.3) is 0 Å². The van der Waals surface area contributed by atoms with E-state index in [9.17, 15) is 8.42 Å². The summed E-state index contributed by atoms with van der Waals surface area (Å²) >= 11 is 8.17. The van der Waals surface area contributed by atoms with Gasteiger partial charge in [-0.2, -0.15) is 0 Å². The van der Waals surface area contributed by atoms with Gasteiger partial charge in [0.2, 0.25) is 10.0 Å². The molecule has 0 amide bonds. The highest BCUT2D eigenvalue weighted by Gasteiger charge is 2.13. The molecule has 0 heterocycles. The van der Waals surface area contributed by atoms with E-state index < -0.39 is 10.0 Å². The molecule has 0 aliphatic heterocycles. The Morgan fingerprint density at radius 3 is 2.71 bits per heavy atom. The number of hydrogen-bond donors (Lipinski definition) is 2. The smallest absolute Gasteiger partial charge is 0.232 e. The molecule has 0 saturated carbocycles. The van der Waals surface area contributed by atoms with Crippen molar-refractivity contribution in [3.8, 4) is 0 Å². The van der Waals surface area contributed by atoms with Crippen LogP contribution in [0, 0.1) is 0 Å². The summed E-state index contributed by atoms with van der Waals surface area (Å²) in [6.07, 6.45) is 0.550. The molecule has 0 atom stereocenters. The van der Waals surface area contributed by atoms with Gasteiger partial charge in [0.05, 0.1) is 11.4 Å². The second kappa shape index (κ2) is 5.79. The molecule has 0 saturated heterocycles. The zero-order valence-electron chi connectivity index (χ0n) is 9.23. The summed E-state index contributed by atoms with van der Waals surface area (Å²) in [7, 11) is -3.33. The van der Waals surface area contributed by atoms with Crippen LogP contribution in [0.4, 0.5) is 5.69 Å². The molecule has 4 nitrogen and oxygen atoms in total. The first kappa shape index (κ1) is 14.4. The standard InChI is InChI=1S/C10H13BrN2O2S2/c1-2-5-17(14,15)13-9-4-3-7(11)6-8(9)10(12)16/h3-4,6,13H,2,5H2,1H3,(H2,12,16). The first-order valence-corrected chi connectivity index (χ1v) is 7.81. The van der Waals surface area contributed by atoms with Crippen LogP contribution in [0.5, 0.6) is 0 Å². The molecule has 0 unspecified atom stereocenters. The van der Waals surface area contributed by atoms with Gasteiger partial charge in [-0.25, -0.2) is 8.42 Å². The third-order valence-electron chi connectivity index (χ3n) is 1.99. The quantitative estimate of drug-likeness (QED) is 0.809. The average molecular weight is 337 g/mol. The SMILES string of the molecule is CCCS(=O)(=O)Nc1ccc(Br)cc1C(N)=S. The van der Waals surface area contributed by atoms with Crippen molar-refractivity contribution in [2.45, 2.75) is 13.3 Å². The summed E-state index contributed by atoms with van der Waals surface area (Å²) < 4.78 is 26.6. The zero-order valence-corrected chi connectivity index (χ0v) is 12.5. The molecule has 0 aromatic heterocycles. The Morgan fingerprint density at radius 2 is 2.18 bits per heavy atom. The Labute approximate surface area is 115 Å². The number of thiocarbonyl (C=S) groups is 1. The van der Waals surface area contributed by atoms with Crippen LogP contribution in [-0.4, -0.2) is 19.2 Å². The van der Waals surface area contributed by atoms with Crippen LogP contribution in [0.15, 0.2) is 22.7 Å². The minimum Gasteiger partial charge on any atom is -0.389 e. The molecule has 0 aliphatic rings. The van der Waals surface area contributed by atoms with Crippen molar-refractivity contribution in [3.63, 3.8) is 0 Å². The maximum absolute atomic E-state index is 11.7. The molecule has 3 N–H and O–H groups in total. The molecule has 0 bridgehead atoms. The second-order valence-corrected chi connectivity index (χ2v) is 6.67. The molecule has 0 spiro atoms. The number of nitrogens with two attached hydrogens (primary N) is 1. The van der Waals surface area contributed by atoms with Gasteiger partial charge in [-0.3, -0.25) is 4.72 Å². The van der Waals surface area contributed by atoms with E-state index in [0.29, 0.717) is 17.7 Å². The van der Waals surface area contributed by atoms with Gasteiger partial charge in [0, 0.05) is 10.0 Å². The van der Waals surface area contributed by atoms with Crippen LogP contribution in [0.1, 0.15) is 18.9 Å². The number of nitrogens with one attached hydrogen (secondary N) is 1. The van der Waals surface area contributed by atoms with E-state index in [-0.39, 0.29) is 10.7 Å². The van der Waals surface area contributed by atoms with E-state index in [1.165, 1.54) is 0 Å². The molecule has 0 radical (unpaired) electrons. The lowest BCUT2D eigenvalue weighted by Gasteiger charge is -2.11. The van der Waals surface area contributed by atoms with E-state index in [2.05, 4.69) is 20.7 Å². The van der Waals surface area contributed by atoms with Gasteiger partial charge >= 0.3 is 0 Å². The highest BCUT2D eigenvalue weighted by molar-refractivity contribution is 9.10. The van der Waals surface area contributed by atoms with Crippen molar-refractivity contribution in [2.24, 2.45) is 5.73 Å². The first-order valence-electron chi connectivity index (χ1n) is 4.95. The lowest BCUT2D eigenvalue weighted by molar-refractivity contribution is 0.600. The fourth-order valence-corrected chi connectivity index (χ4v) is 2.98. The number of anilines is 1. The minimum atomic E-state index is -3.33. The normalized spacial score (nSPS) is 11.2. The van der Waals surface area contributed by atoms with Crippen LogP contribution in [0.2, 0.25) is 0 Å². The molecule has 1 aromatic rings. The number of rotatable bonds is 5. The van der Waals surface area contributed by atoms with Gasteiger partial charge in [0.15, 0.2) is 0 Å². The topological polar surface area (TPSA) is 72.2 Å². The fraction of sp³-hybridized carbons (Fsp3) is 0.300. The van der Waals surface area contributed by atoms with Gasteiger partial charge in [-0.05, 0) is 24.6 Å². The summed E-state index contributed by atoms with van der Waals surface area (Å²) in [6.45, 7) is 1.80. The van der Waals surface area contributed by atoms with Crippen molar-refractivity contribution in [3.05, 3.63) is 28.2 Å². The third-order valence-corrected chi connectivity index (χ3v) is 4.18. The van der Waals surface area contributed by atoms with Crippen molar-refractivity contribution in [2.75, 3.05) is 10.5 Å². The predicted octanol–water partition coefficient (Wildman–Crippen LogP) is 2.24. The van der Waals surface area contributed by atoms with Crippen LogP contribution in [-0.2, 0) is 10.0 Å². The number of hydrogen-bond acceptors (Lipinski definition) is 3. The second-order valence-electron chi connectivity index (χ2n) is 3.48. The summed E-state index contributed by atoms with van der Waals surface area (Å²) in [5.74, 6) is 0.0693.